The quantitative estimate of drug-likeness (QED) is 0.199. The highest BCUT2D eigenvalue weighted by Crippen LogP contribution is 2.54. The summed E-state index contributed by atoms with van der Waals surface area (Å²) in [6.07, 6.45) is -8.25. The van der Waals surface area contributed by atoms with Gasteiger partial charge in [-0.05, 0) is 30.9 Å². The third-order valence-electron chi connectivity index (χ3n) is 8.59. The van der Waals surface area contributed by atoms with E-state index in [9.17, 15) is 14.3 Å². The van der Waals surface area contributed by atoms with Gasteiger partial charge >= 0.3 is 6.72 Å². The Kier molecular flexibility index (Phi) is 9.26. The molecule has 0 spiro atoms. The minimum Gasteiger partial charge on any atom is -0.346 e. The van der Waals surface area contributed by atoms with Crippen molar-refractivity contribution in [1.82, 2.24) is 39.0 Å². The number of hydrogen-bond acceptors (Lipinski definition) is 15. The van der Waals surface area contributed by atoms with Crippen LogP contribution in [0, 0.1) is 6.92 Å². The molecule has 8 rings (SSSR count). The summed E-state index contributed by atoms with van der Waals surface area (Å²) in [6.45, 7) is -3.98. The summed E-state index contributed by atoms with van der Waals surface area (Å²) in [5, 5.41) is 2.66. The Labute approximate surface area is 298 Å². The van der Waals surface area contributed by atoms with Crippen LogP contribution in [0.1, 0.15) is 28.5 Å². The van der Waals surface area contributed by atoms with E-state index in [4.69, 9.17) is 46.9 Å². The normalized spacial score (nSPS) is 34.0. The van der Waals surface area contributed by atoms with E-state index in [1.165, 1.54) is 28.1 Å². The number of imidazole rings is 2. The highest BCUT2D eigenvalue weighted by molar-refractivity contribution is 8.07. The maximum Gasteiger partial charge on any atom is 0.325 e. The monoisotopic (exact) mass is 775 g/mol. The molecule has 24 heteroatoms. The van der Waals surface area contributed by atoms with Crippen LogP contribution < -0.4 is 5.32 Å². The number of fused-ring (bicyclic) bond motifs is 4. The zero-order valence-electron chi connectivity index (χ0n) is 26.7. The summed E-state index contributed by atoms with van der Waals surface area (Å²) in [5.41, 5.74) is 1.72. The van der Waals surface area contributed by atoms with E-state index in [0.717, 1.165) is 6.33 Å². The van der Waals surface area contributed by atoms with Gasteiger partial charge in [-0.3, -0.25) is 23.0 Å². The SMILES string of the molecule is [B]P1(=O)OC[C@H]2O[C@@H](n3cnc4c(NC(=O)c5ccccc5)ncnc43)[C@H](F)[C@@H]2OP(O)(=S)OC[C@H]2O[C@@H](n3cnc4c(C)ncnc43)[C@H](F)[C@@H]2O1. The second-order valence-corrected chi connectivity index (χ2v) is 16.2. The molecule has 18 nitrogen and oxygen atoms in total. The van der Waals surface area contributed by atoms with Crippen LogP contribution in [0.4, 0.5) is 14.6 Å². The van der Waals surface area contributed by atoms with Gasteiger partial charge in [0.25, 0.3) is 13.4 Å². The Balaban J connectivity index is 1.04. The number of hydrogen-bond donors (Lipinski definition) is 2. The number of nitrogens with one attached hydrogen (secondary N) is 1. The third kappa shape index (κ3) is 6.57. The van der Waals surface area contributed by atoms with Gasteiger partial charge in [-0.15, -0.1) is 0 Å². The minimum atomic E-state index is -4.61. The largest absolute Gasteiger partial charge is 0.346 e. The number of halogens is 2. The molecule has 3 aliphatic heterocycles. The molecule has 2 unspecified atom stereocenters. The molecule has 2 radical (unpaired) electrons. The Morgan fingerprint density at radius 2 is 1.46 bits per heavy atom. The van der Waals surface area contributed by atoms with Gasteiger partial charge in [0.2, 0.25) is 7.57 Å². The number of aryl methyl sites for hydroxylation is 1. The van der Waals surface area contributed by atoms with Crippen LogP contribution in [0.2, 0.25) is 0 Å². The van der Waals surface area contributed by atoms with Crippen LogP contribution in [0.3, 0.4) is 0 Å². The molecule has 3 aliphatic rings. The molecule has 2 N–H and O–H groups in total. The van der Waals surface area contributed by atoms with Crippen molar-refractivity contribution in [1.29, 1.82) is 0 Å². The molecule has 1 amide bonds. The topological polar surface area (TPSA) is 209 Å². The van der Waals surface area contributed by atoms with Gasteiger partial charge in [0.15, 0.2) is 47.4 Å². The predicted molar refractivity (Wildman–Crippen MR) is 179 cm³/mol. The molecular formula is C28H26BF2N9O9P2S. The molecule has 3 saturated heterocycles. The van der Waals surface area contributed by atoms with Gasteiger partial charge < -0.3 is 33.3 Å². The van der Waals surface area contributed by atoms with Crippen molar-refractivity contribution in [2.45, 2.75) is 56.1 Å². The Morgan fingerprint density at radius 3 is 2.13 bits per heavy atom. The lowest BCUT2D eigenvalue weighted by Gasteiger charge is -2.29. The highest BCUT2D eigenvalue weighted by Gasteiger charge is 2.53. The number of carbonyl (C=O) groups excluding carboxylic acids is 1. The first-order chi connectivity index (χ1) is 24.9. The van der Waals surface area contributed by atoms with Gasteiger partial charge in [0.1, 0.15) is 42.6 Å². The number of anilines is 1. The summed E-state index contributed by atoms with van der Waals surface area (Å²) in [5.74, 6) is -0.423. The molecule has 0 aliphatic carbocycles. The molecular weight excluding hydrogens is 749 g/mol. The van der Waals surface area contributed by atoms with E-state index >= 15 is 8.78 Å². The Morgan fingerprint density at radius 1 is 0.885 bits per heavy atom. The summed E-state index contributed by atoms with van der Waals surface area (Å²) < 4.78 is 82.3. The molecule has 0 bridgehead atoms. The van der Waals surface area contributed by atoms with Crippen LogP contribution in [0.5, 0.6) is 0 Å². The van der Waals surface area contributed by atoms with E-state index in [-0.39, 0.29) is 22.6 Å². The number of aromatic nitrogens is 8. The maximum absolute atomic E-state index is 16.4. The van der Waals surface area contributed by atoms with Crippen molar-refractivity contribution in [3.63, 3.8) is 0 Å². The first-order valence-corrected chi connectivity index (χ1v) is 19.7. The summed E-state index contributed by atoms with van der Waals surface area (Å²) in [7, 11) is 1.30. The smallest absolute Gasteiger partial charge is 0.325 e. The predicted octanol–water partition coefficient (Wildman–Crippen LogP) is 3.01. The fraction of sp³-hybridized carbons (Fsp3) is 0.393. The number of amides is 1. The third-order valence-corrected chi connectivity index (χ3v) is 11.2. The molecule has 4 aromatic heterocycles. The number of rotatable bonds is 4. The second kappa shape index (κ2) is 13.6. The lowest BCUT2D eigenvalue weighted by molar-refractivity contribution is -0.0566. The van der Waals surface area contributed by atoms with E-state index in [0.29, 0.717) is 16.8 Å². The van der Waals surface area contributed by atoms with Crippen molar-refractivity contribution in [3.05, 3.63) is 66.9 Å². The first kappa shape index (κ1) is 35.4. The number of ether oxygens (including phenoxy) is 2. The van der Waals surface area contributed by atoms with E-state index in [2.05, 4.69) is 35.2 Å². The summed E-state index contributed by atoms with van der Waals surface area (Å²) in [6, 6.07) is 8.37. The van der Waals surface area contributed by atoms with Gasteiger partial charge in [-0.2, -0.15) is 0 Å². The zero-order valence-corrected chi connectivity index (χ0v) is 29.3. The van der Waals surface area contributed by atoms with E-state index < -0.39 is 82.5 Å². The lowest BCUT2D eigenvalue weighted by atomic mass is 10.1. The molecule has 52 heavy (non-hydrogen) atoms. The fourth-order valence-electron chi connectivity index (χ4n) is 6.14. The van der Waals surface area contributed by atoms with E-state index in [1.54, 1.807) is 37.3 Å². The summed E-state index contributed by atoms with van der Waals surface area (Å²) >= 11 is 5.21. The van der Waals surface area contributed by atoms with E-state index in [1.807, 2.05) is 0 Å². The number of carbonyl (C=O) groups is 1. The van der Waals surface area contributed by atoms with Crippen LogP contribution in [0.25, 0.3) is 22.3 Å². The van der Waals surface area contributed by atoms with Gasteiger partial charge in [0.05, 0.1) is 31.6 Å². The Hall–Kier alpha value is -3.69. The van der Waals surface area contributed by atoms with Crippen LogP contribution in [0.15, 0.2) is 55.6 Å². The van der Waals surface area contributed by atoms with Crippen LogP contribution in [-0.4, -0.2) is 107 Å². The van der Waals surface area contributed by atoms with Crippen LogP contribution >= 0.6 is 14.2 Å². The van der Waals surface area contributed by atoms with Crippen molar-refractivity contribution in [2.75, 3.05) is 18.5 Å². The molecule has 270 valence electrons. The molecule has 7 heterocycles. The van der Waals surface area contributed by atoms with Crippen LogP contribution in [-0.2, 0) is 43.9 Å². The molecule has 1 aromatic carbocycles. The zero-order chi connectivity index (χ0) is 36.4. The van der Waals surface area contributed by atoms with Crippen molar-refractivity contribution >= 4 is 67.6 Å². The minimum absolute atomic E-state index is 0.0448. The van der Waals surface area contributed by atoms with Gasteiger partial charge in [-0.25, -0.2) is 38.7 Å². The number of nitrogens with zero attached hydrogens (tertiary/aromatic N) is 8. The fourth-order valence-corrected chi connectivity index (χ4v) is 8.58. The number of benzene rings is 1. The molecule has 10 atom stereocenters. The maximum atomic E-state index is 16.4. The average Bonchev–Trinajstić information content (AvgIpc) is 3.88. The summed E-state index contributed by atoms with van der Waals surface area (Å²) in [4.78, 5) is 48.9. The number of alkyl halides is 2. The molecule has 5 aromatic rings. The lowest BCUT2D eigenvalue weighted by Crippen LogP contribution is -2.37. The van der Waals surface area contributed by atoms with Gasteiger partial charge in [0, 0.05) is 5.56 Å². The molecule has 0 saturated carbocycles. The van der Waals surface area contributed by atoms with Crippen molar-refractivity contribution < 1.29 is 50.6 Å². The van der Waals surface area contributed by atoms with Gasteiger partial charge in [-0.1, -0.05) is 18.2 Å². The standard InChI is InChI=1S/C28H26BF2N9O9P2S/c1-13-19-24(34-9-32-13)39(11-36-19)27-17(30)21-16(47-27)8-45-51(43,52)49-22-15(7-44-50(29,42)48-21)46-28(18(22)31)40-12-37-20-23(33-10-35-25(20)40)38-26(41)14-5-3-2-4-6-14/h2-6,9-12,15-18,21-22,27-28H,7-8H2,1H3,(H,43,52)(H,33,35,38,41)/t15-,16-,17-,18-,21-,22-,27-,28-,50?,51?/m1/s1. The highest BCUT2D eigenvalue weighted by atomic mass is 32.5. The average molecular weight is 775 g/mol. The Bertz CT molecular complexity index is 2260. The second-order valence-electron chi connectivity index (χ2n) is 11.9. The molecule has 3 fully saturated rings. The first-order valence-electron chi connectivity index (χ1n) is 15.5. The van der Waals surface area contributed by atoms with Crippen molar-refractivity contribution in [2.24, 2.45) is 0 Å². The van der Waals surface area contributed by atoms with Crippen molar-refractivity contribution in [3.8, 4) is 0 Å².